The summed E-state index contributed by atoms with van der Waals surface area (Å²) >= 11 is 0. The van der Waals surface area contributed by atoms with Gasteiger partial charge >= 0.3 is 0 Å². The van der Waals surface area contributed by atoms with E-state index in [4.69, 9.17) is 5.84 Å². The highest BCUT2D eigenvalue weighted by atomic mass is 15.3. The monoisotopic (exact) mass is 256 g/mol. The topological polar surface area (TPSA) is 66.7 Å². The summed E-state index contributed by atoms with van der Waals surface area (Å²) in [6.45, 7) is 0. The molecule has 0 amide bonds. The average Bonchev–Trinajstić information content (AvgIpc) is 2.97. The molecule has 0 radical (unpaired) electrons. The van der Waals surface area contributed by atoms with Crippen LogP contribution in [0, 0.1) is 0 Å². The van der Waals surface area contributed by atoms with Crippen LogP contribution < -0.4 is 11.3 Å². The average molecular weight is 256 g/mol. The van der Waals surface area contributed by atoms with Gasteiger partial charge in [0.05, 0.1) is 11.9 Å². The zero-order valence-electron chi connectivity index (χ0n) is 11.0. The number of rotatable bonds is 3. The zero-order chi connectivity index (χ0) is 13.1. The largest absolute Gasteiger partial charge is 0.323 e. The van der Waals surface area contributed by atoms with Gasteiger partial charge in [-0.25, -0.2) is 10.8 Å². The van der Waals surface area contributed by atoms with E-state index in [1.165, 1.54) is 37.7 Å². The number of nitrogens with one attached hydrogen (secondary N) is 2. The summed E-state index contributed by atoms with van der Waals surface area (Å²) in [7, 11) is 0. The van der Waals surface area contributed by atoms with Crippen molar-refractivity contribution in [3.8, 4) is 11.3 Å². The number of hydrazine groups is 1. The molecule has 19 heavy (non-hydrogen) atoms. The quantitative estimate of drug-likeness (QED) is 0.582. The molecule has 0 unspecified atom stereocenters. The number of anilines is 1. The van der Waals surface area contributed by atoms with E-state index in [1.54, 1.807) is 6.20 Å². The molecule has 4 nitrogen and oxygen atoms in total. The first-order chi connectivity index (χ1) is 9.36. The molecule has 3 rings (SSSR count). The third-order valence-electron chi connectivity index (χ3n) is 4.01. The van der Waals surface area contributed by atoms with E-state index < -0.39 is 0 Å². The molecule has 2 aromatic rings. The van der Waals surface area contributed by atoms with Gasteiger partial charge in [0.1, 0.15) is 0 Å². The van der Waals surface area contributed by atoms with E-state index in [2.05, 4.69) is 39.7 Å². The normalized spacial score (nSPS) is 16.5. The predicted octanol–water partition coefficient (Wildman–Crippen LogP) is 3.41. The lowest BCUT2D eigenvalue weighted by Crippen LogP contribution is -2.07. The minimum absolute atomic E-state index is 0.589. The molecule has 4 heteroatoms. The van der Waals surface area contributed by atoms with E-state index in [1.807, 2.05) is 0 Å². The Kier molecular flexibility index (Phi) is 3.51. The Bertz CT molecular complexity index is 523. The van der Waals surface area contributed by atoms with Crippen LogP contribution in [0.2, 0.25) is 0 Å². The third-order valence-corrected chi connectivity index (χ3v) is 4.01. The fourth-order valence-corrected chi connectivity index (χ4v) is 2.91. The highest BCUT2D eigenvalue weighted by Gasteiger charge is 2.15. The standard InChI is InChI=1S/C15H20N4/c16-19-15-17-10-14(18-15)13-8-6-12(7-9-13)11-4-2-1-3-5-11/h6-11H,1-5,16H2,(H2,17,18,19). The summed E-state index contributed by atoms with van der Waals surface area (Å²) in [5.74, 6) is 6.66. The molecular weight excluding hydrogens is 236 g/mol. The van der Waals surface area contributed by atoms with Gasteiger partial charge < -0.3 is 4.98 Å². The Balaban J connectivity index is 1.78. The van der Waals surface area contributed by atoms with Gasteiger partial charge in [-0.05, 0) is 29.9 Å². The van der Waals surface area contributed by atoms with E-state index in [-0.39, 0.29) is 0 Å². The van der Waals surface area contributed by atoms with Crippen molar-refractivity contribution in [3.63, 3.8) is 0 Å². The second-order valence-electron chi connectivity index (χ2n) is 5.25. The molecule has 0 saturated heterocycles. The van der Waals surface area contributed by atoms with Crippen LogP contribution in [0.15, 0.2) is 30.5 Å². The molecule has 0 aliphatic heterocycles. The number of aromatic nitrogens is 2. The van der Waals surface area contributed by atoms with Gasteiger partial charge in [-0.2, -0.15) is 0 Å². The van der Waals surface area contributed by atoms with Gasteiger partial charge in [0.2, 0.25) is 5.95 Å². The molecule has 1 fully saturated rings. The van der Waals surface area contributed by atoms with Crippen LogP contribution in [-0.2, 0) is 0 Å². The molecule has 0 bridgehead atoms. The molecule has 4 N–H and O–H groups in total. The lowest BCUT2D eigenvalue weighted by molar-refractivity contribution is 0.443. The number of nitrogens with two attached hydrogens (primary N) is 1. The van der Waals surface area contributed by atoms with Crippen molar-refractivity contribution >= 4 is 5.95 Å². The number of hydrogen-bond acceptors (Lipinski definition) is 3. The number of H-pyrrole nitrogens is 1. The summed E-state index contributed by atoms with van der Waals surface area (Å²) in [4.78, 5) is 7.26. The first-order valence-corrected chi connectivity index (χ1v) is 6.99. The smallest absolute Gasteiger partial charge is 0.215 e. The van der Waals surface area contributed by atoms with Crippen molar-refractivity contribution in [3.05, 3.63) is 36.0 Å². The Morgan fingerprint density at radius 1 is 1.11 bits per heavy atom. The van der Waals surface area contributed by atoms with Gasteiger partial charge in [0, 0.05) is 0 Å². The third kappa shape index (κ3) is 2.63. The Labute approximate surface area is 113 Å². The first-order valence-electron chi connectivity index (χ1n) is 6.99. The maximum Gasteiger partial charge on any atom is 0.215 e. The van der Waals surface area contributed by atoms with Crippen molar-refractivity contribution in [1.82, 2.24) is 9.97 Å². The molecule has 100 valence electrons. The molecular formula is C15H20N4. The summed E-state index contributed by atoms with van der Waals surface area (Å²) in [5.41, 5.74) is 6.12. The lowest BCUT2D eigenvalue weighted by Gasteiger charge is -2.22. The minimum atomic E-state index is 0.589. The summed E-state index contributed by atoms with van der Waals surface area (Å²) < 4.78 is 0. The first kappa shape index (κ1) is 12.2. The molecule has 1 saturated carbocycles. The fourth-order valence-electron chi connectivity index (χ4n) is 2.91. The minimum Gasteiger partial charge on any atom is -0.323 e. The van der Waals surface area contributed by atoms with Crippen molar-refractivity contribution in [2.75, 3.05) is 5.43 Å². The highest BCUT2D eigenvalue weighted by Crippen LogP contribution is 2.33. The van der Waals surface area contributed by atoms with Gasteiger partial charge in [0.15, 0.2) is 0 Å². The molecule has 1 heterocycles. The van der Waals surface area contributed by atoms with Crippen LogP contribution in [0.3, 0.4) is 0 Å². The van der Waals surface area contributed by atoms with Crippen LogP contribution in [0.1, 0.15) is 43.6 Å². The fraction of sp³-hybridized carbons (Fsp3) is 0.400. The van der Waals surface area contributed by atoms with Crippen LogP contribution in [-0.4, -0.2) is 9.97 Å². The Hall–Kier alpha value is -1.81. The molecule has 1 aromatic carbocycles. The second kappa shape index (κ2) is 5.45. The number of hydrogen-bond donors (Lipinski definition) is 3. The second-order valence-corrected chi connectivity index (χ2v) is 5.25. The lowest BCUT2D eigenvalue weighted by atomic mass is 9.84. The van der Waals surface area contributed by atoms with E-state index in [0.29, 0.717) is 5.95 Å². The van der Waals surface area contributed by atoms with Gasteiger partial charge in [-0.15, -0.1) is 0 Å². The number of nitrogen functional groups attached to an aromatic ring is 1. The molecule has 1 aliphatic carbocycles. The van der Waals surface area contributed by atoms with Gasteiger partial charge in [-0.1, -0.05) is 43.5 Å². The molecule has 1 aromatic heterocycles. The zero-order valence-corrected chi connectivity index (χ0v) is 11.0. The van der Waals surface area contributed by atoms with Crippen LogP contribution in [0.5, 0.6) is 0 Å². The predicted molar refractivity (Wildman–Crippen MR) is 77.7 cm³/mol. The van der Waals surface area contributed by atoms with E-state index >= 15 is 0 Å². The van der Waals surface area contributed by atoms with Crippen LogP contribution in [0.4, 0.5) is 5.95 Å². The SMILES string of the molecule is NNc1ncc(-c2ccc(C3CCCCC3)cc2)[nH]1. The molecule has 0 atom stereocenters. The van der Waals surface area contributed by atoms with Crippen molar-refractivity contribution in [1.29, 1.82) is 0 Å². The maximum absolute atomic E-state index is 5.32. The Morgan fingerprint density at radius 2 is 1.84 bits per heavy atom. The van der Waals surface area contributed by atoms with Gasteiger partial charge in [-0.3, -0.25) is 5.43 Å². The van der Waals surface area contributed by atoms with Crippen molar-refractivity contribution in [2.24, 2.45) is 5.84 Å². The maximum atomic E-state index is 5.32. The molecule has 1 aliphatic rings. The number of nitrogens with zero attached hydrogens (tertiary/aromatic N) is 1. The molecule has 0 spiro atoms. The van der Waals surface area contributed by atoms with Crippen molar-refractivity contribution in [2.45, 2.75) is 38.0 Å². The highest BCUT2D eigenvalue weighted by molar-refractivity contribution is 5.60. The summed E-state index contributed by atoms with van der Waals surface area (Å²) in [6.07, 6.45) is 8.62. The van der Waals surface area contributed by atoms with E-state index in [9.17, 15) is 0 Å². The number of imidazole rings is 1. The Morgan fingerprint density at radius 3 is 2.47 bits per heavy atom. The van der Waals surface area contributed by atoms with Gasteiger partial charge in [0.25, 0.3) is 0 Å². The van der Waals surface area contributed by atoms with E-state index in [0.717, 1.165) is 17.2 Å². The number of aromatic amines is 1. The van der Waals surface area contributed by atoms with Crippen molar-refractivity contribution < 1.29 is 0 Å². The summed E-state index contributed by atoms with van der Waals surface area (Å²) in [5, 5.41) is 0. The number of benzene rings is 1. The van der Waals surface area contributed by atoms with Crippen LogP contribution in [0.25, 0.3) is 11.3 Å². The summed E-state index contributed by atoms with van der Waals surface area (Å²) in [6, 6.07) is 8.83. The van der Waals surface area contributed by atoms with Crippen LogP contribution >= 0.6 is 0 Å².